The van der Waals surface area contributed by atoms with Gasteiger partial charge >= 0.3 is 0 Å². The van der Waals surface area contributed by atoms with Crippen LogP contribution in [0.15, 0.2) is 23.2 Å². The minimum atomic E-state index is 0.646. The molecule has 1 atom stereocenters. The monoisotopic (exact) mass is 358 g/mol. The van der Waals surface area contributed by atoms with Gasteiger partial charge in [-0.1, -0.05) is 12.1 Å². The van der Waals surface area contributed by atoms with Crippen molar-refractivity contribution >= 4 is 5.96 Å². The summed E-state index contributed by atoms with van der Waals surface area (Å²) in [5.74, 6) is 2.68. The molecule has 0 amide bonds. The predicted molar refractivity (Wildman–Crippen MR) is 108 cm³/mol. The zero-order valence-electron chi connectivity index (χ0n) is 16.6. The molecule has 0 saturated carbocycles. The van der Waals surface area contributed by atoms with Gasteiger partial charge in [0, 0.05) is 39.1 Å². The molecule has 2 aliphatic rings. The number of piperidine rings is 1. The summed E-state index contributed by atoms with van der Waals surface area (Å²) in [5, 5.41) is 6.97. The topological polar surface area (TPSA) is 48.9 Å². The average molecular weight is 359 g/mol. The number of aliphatic imine (C=N–C) groups is 1. The van der Waals surface area contributed by atoms with Gasteiger partial charge in [0.1, 0.15) is 5.75 Å². The van der Waals surface area contributed by atoms with Crippen molar-refractivity contribution in [3.63, 3.8) is 0 Å². The molecule has 2 aliphatic heterocycles. The highest BCUT2D eigenvalue weighted by atomic mass is 16.5. The van der Waals surface area contributed by atoms with E-state index in [9.17, 15) is 0 Å². The van der Waals surface area contributed by atoms with Gasteiger partial charge < -0.3 is 20.3 Å². The van der Waals surface area contributed by atoms with Crippen LogP contribution >= 0.6 is 0 Å². The smallest absolute Gasteiger partial charge is 0.190 e. The Morgan fingerprint density at radius 3 is 3.04 bits per heavy atom. The van der Waals surface area contributed by atoms with Crippen LogP contribution in [0, 0.1) is 5.92 Å². The minimum absolute atomic E-state index is 0.646. The number of benzene rings is 1. The van der Waals surface area contributed by atoms with Crippen LogP contribution in [0.2, 0.25) is 0 Å². The molecule has 1 aromatic rings. The molecule has 2 heterocycles. The molecule has 1 aromatic carbocycles. The molecular formula is C21H34N4O. The van der Waals surface area contributed by atoms with E-state index in [0.717, 1.165) is 44.2 Å². The lowest BCUT2D eigenvalue weighted by atomic mass is 9.97. The Labute approximate surface area is 158 Å². The zero-order valence-corrected chi connectivity index (χ0v) is 16.6. The van der Waals surface area contributed by atoms with E-state index < -0.39 is 0 Å². The molecule has 1 unspecified atom stereocenters. The van der Waals surface area contributed by atoms with Gasteiger partial charge in [0.05, 0.1) is 6.61 Å². The number of ether oxygens (including phenoxy) is 1. The molecular weight excluding hydrogens is 324 g/mol. The summed E-state index contributed by atoms with van der Waals surface area (Å²) < 4.78 is 5.58. The molecule has 3 rings (SSSR count). The lowest BCUT2D eigenvalue weighted by Gasteiger charge is -2.35. The lowest BCUT2D eigenvalue weighted by Crippen LogP contribution is -2.46. The van der Waals surface area contributed by atoms with Gasteiger partial charge in [-0.05, 0) is 62.8 Å². The minimum Gasteiger partial charge on any atom is -0.493 e. The molecule has 0 bridgehead atoms. The van der Waals surface area contributed by atoms with Gasteiger partial charge in [-0.25, -0.2) is 0 Å². The van der Waals surface area contributed by atoms with E-state index in [1.807, 2.05) is 7.05 Å². The van der Waals surface area contributed by atoms with Crippen molar-refractivity contribution in [3.8, 4) is 5.75 Å². The van der Waals surface area contributed by atoms with Crippen molar-refractivity contribution < 1.29 is 4.74 Å². The Bertz CT molecular complexity index is 614. The third kappa shape index (κ3) is 5.13. The summed E-state index contributed by atoms with van der Waals surface area (Å²) in [4.78, 5) is 6.96. The second-order valence-corrected chi connectivity index (χ2v) is 7.77. The Kier molecular flexibility index (Phi) is 6.78. The first-order valence-electron chi connectivity index (χ1n) is 10.1. The molecule has 0 aromatic heterocycles. The Morgan fingerprint density at radius 2 is 2.23 bits per heavy atom. The van der Waals surface area contributed by atoms with Gasteiger partial charge in [0.2, 0.25) is 0 Å². The first-order chi connectivity index (χ1) is 12.7. The number of rotatable bonds is 6. The fourth-order valence-corrected chi connectivity index (χ4v) is 3.92. The van der Waals surface area contributed by atoms with E-state index in [1.54, 1.807) is 0 Å². The highest BCUT2D eigenvalue weighted by Gasteiger charge is 2.21. The number of nitrogens with zero attached hydrogens (tertiary/aromatic N) is 2. The Balaban J connectivity index is 1.39. The first kappa shape index (κ1) is 19.0. The van der Waals surface area contributed by atoms with Crippen LogP contribution in [0.25, 0.3) is 0 Å². The third-order valence-electron chi connectivity index (χ3n) is 5.52. The quantitative estimate of drug-likeness (QED) is 0.606. The van der Waals surface area contributed by atoms with Gasteiger partial charge in [0.15, 0.2) is 5.96 Å². The van der Waals surface area contributed by atoms with Crippen LogP contribution in [0.3, 0.4) is 0 Å². The maximum atomic E-state index is 5.58. The van der Waals surface area contributed by atoms with Crippen LogP contribution in [-0.4, -0.2) is 56.7 Å². The SMILES string of the molecule is CN=C(NCCc1ccc2c(c1)CCO2)NCC1CCCN(C(C)C)C1. The fourth-order valence-electron chi connectivity index (χ4n) is 3.92. The molecule has 5 heteroatoms. The molecule has 0 aliphatic carbocycles. The highest BCUT2D eigenvalue weighted by Crippen LogP contribution is 2.25. The average Bonchev–Trinajstić information content (AvgIpc) is 3.12. The number of guanidine groups is 1. The van der Waals surface area contributed by atoms with Crippen molar-refractivity contribution in [2.45, 2.75) is 45.6 Å². The van der Waals surface area contributed by atoms with E-state index in [1.165, 1.54) is 37.1 Å². The van der Waals surface area contributed by atoms with Crippen molar-refractivity contribution in [2.75, 3.05) is 39.8 Å². The third-order valence-corrected chi connectivity index (χ3v) is 5.52. The number of hydrogen-bond acceptors (Lipinski definition) is 3. The summed E-state index contributed by atoms with van der Waals surface area (Å²) in [6.45, 7) is 9.73. The highest BCUT2D eigenvalue weighted by molar-refractivity contribution is 5.79. The molecule has 26 heavy (non-hydrogen) atoms. The summed E-state index contributed by atoms with van der Waals surface area (Å²) in [5.41, 5.74) is 2.70. The molecule has 5 nitrogen and oxygen atoms in total. The Hall–Kier alpha value is -1.75. The summed E-state index contributed by atoms with van der Waals surface area (Å²) >= 11 is 0. The van der Waals surface area contributed by atoms with E-state index >= 15 is 0 Å². The van der Waals surface area contributed by atoms with E-state index in [4.69, 9.17) is 4.74 Å². The van der Waals surface area contributed by atoms with Gasteiger partial charge in [-0.3, -0.25) is 4.99 Å². The van der Waals surface area contributed by atoms with E-state index in [0.29, 0.717) is 12.0 Å². The molecule has 1 fully saturated rings. The van der Waals surface area contributed by atoms with Crippen molar-refractivity contribution in [1.29, 1.82) is 0 Å². The van der Waals surface area contributed by atoms with Gasteiger partial charge in [-0.15, -0.1) is 0 Å². The predicted octanol–water partition coefficient (Wildman–Crippen LogP) is 2.45. The summed E-state index contributed by atoms with van der Waals surface area (Å²) in [6.07, 6.45) is 4.65. The summed E-state index contributed by atoms with van der Waals surface area (Å²) in [6, 6.07) is 7.20. The molecule has 2 N–H and O–H groups in total. The first-order valence-corrected chi connectivity index (χ1v) is 10.1. The van der Waals surface area contributed by atoms with Crippen LogP contribution in [0.4, 0.5) is 0 Å². The van der Waals surface area contributed by atoms with Gasteiger partial charge in [0.25, 0.3) is 0 Å². The van der Waals surface area contributed by atoms with E-state index in [-0.39, 0.29) is 0 Å². The largest absolute Gasteiger partial charge is 0.493 e. The van der Waals surface area contributed by atoms with Crippen molar-refractivity contribution in [2.24, 2.45) is 10.9 Å². The van der Waals surface area contributed by atoms with Crippen LogP contribution in [0.5, 0.6) is 5.75 Å². The number of nitrogens with one attached hydrogen (secondary N) is 2. The molecule has 1 saturated heterocycles. The maximum Gasteiger partial charge on any atom is 0.190 e. The van der Waals surface area contributed by atoms with Crippen molar-refractivity contribution in [1.82, 2.24) is 15.5 Å². The molecule has 144 valence electrons. The van der Waals surface area contributed by atoms with Gasteiger partial charge in [-0.2, -0.15) is 0 Å². The second kappa shape index (κ2) is 9.26. The Morgan fingerprint density at radius 1 is 1.35 bits per heavy atom. The van der Waals surface area contributed by atoms with Crippen LogP contribution in [0.1, 0.15) is 37.8 Å². The zero-order chi connectivity index (χ0) is 18.4. The van der Waals surface area contributed by atoms with Crippen LogP contribution < -0.4 is 15.4 Å². The normalized spacial score (nSPS) is 20.8. The number of hydrogen-bond donors (Lipinski definition) is 2. The fraction of sp³-hybridized carbons (Fsp3) is 0.667. The standard InChI is InChI=1S/C21H34N4O/c1-16(2)25-11-4-5-18(15-25)14-24-21(22-3)23-10-8-17-6-7-20-19(13-17)9-12-26-20/h6-7,13,16,18H,4-5,8-12,14-15H2,1-3H3,(H2,22,23,24). The molecule has 0 radical (unpaired) electrons. The summed E-state index contributed by atoms with van der Waals surface area (Å²) in [7, 11) is 1.85. The number of fused-ring (bicyclic) bond motifs is 1. The van der Waals surface area contributed by atoms with Crippen LogP contribution in [-0.2, 0) is 12.8 Å². The van der Waals surface area contributed by atoms with Crippen molar-refractivity contribution in [3.05, 3.63) is 29.3 Å². The lowest BCUT2D eigenvalue weighted by molar-refractivity contribution is 0.141. The number of likely N-dealkylation sites (tertiary alicyclic amines) is 1. The van der Waals surface area contributed by atoms with E-state index in [2.05, 4.69) is 52.6 Å². The molecule has 0 spiro atoms. The second-order valence-electron chi connectivity index (χ2n) is 7.77. The maximum absolute atomic E-state index is 5.58.